The number of amides is 2. The van der Waals surface area contributed by atoms with E-state index >= 15 is 0 Å². The fourth-order valence-corrected chi connectivity index (χ4v) is 4.74. The maximum absolute atomic E-state index is 12.8. The molecule has 1 saturated carbocycles. The molecule has 2 amide bonds. The predicted molar refractivity (Wildman–Crippen MR) is 103 cm³/mol. The highest BCUT2D eigenvalue weighted by Gasteiger charge is 2.39. The first-order valence-electron chi connectivity index (χ1n) is 9.93. The van der Waals surface area contributed by atoms with Gasteiger partial charge in [-0.25, -0.2) is 0 Å². The van der Waals surface area contributed by atoms with Crippen molar-refractivity contribution in [1.82, 2.24) is 15.5 Å². The van der Waals surface area contributed by atoms with E-state index in [1.807, 2.05) is 4.90 Å². The number of ether oxygens (including phenoxy) is 1. The molecule has 2 saturated heterocycles. The molecule has 0 aromatic rings. The third-order valence-corrected chi connectivity index (χ3v) is 6.30. The van der Waals surface area contributed by atoms with Gasteiger partial charge in [-0.1, -0.05) is 12.8 Å². The molecule has 2 N–H and O–H groups in total. The van der Waals surface area contributed by atoms with Crippen molar-refractivity contribution >= 4 is 24.2 Å². The van der Waals surface area contributed by atoms with Crippen LogP contribution in [-0.2, 0) is 14.3 Å². The van der Waals surface area contributed by atoms with Crippen LogP contribution < -0.4 is 10.6 Å². The quantitative estimate of drug-likeness (QED) is 0.728. The Kier molecular flexibility index (Phi) is 8.17. The van der Waals surface area contributed by atoms with E-state index in [0.717, 1.165) is 71.0 Å². The smallest absolute Gasteiger partial charge is 0.242 e. The van der Waals surface area contributed by atoms with Crippen LogP contribution in [0, 0.1) is 11.3 Å². The van der Waals surface area contributed by atoms with E-state index < -0.39 is 0 Å². The van der Waals surface area contributed by atoms with Crippen molar-refractivity contribution in [1.29, 1.82) is 0 Å². The minimum absolute atomic E-state index is 0. The summed E-state index contributed by atoms with van der Waals surface area (Å²) in [5, 5.41) is 6.53. The van der Waals surface area contributed by atoms with Crippen molar-refractivity contribution < 1.29 is 14.3 Å². The number of carbonyl (C=O) groups excluding carboxylic acids is 2. The molecule has 2 heterocycles. The minimum Gasteiger partial charge on any atom is -0.384 e. The van der Waals surface area contributed by atoms with Crippen LogP contribution in [0.15, 0.2) is 0 Å². The molecule has 150 valence electrons. The molecular formula is C19H34ClN3O3. The molecule has 0 bridgehead atoms. The van der Waals surface area contributed by atoms with Crippen molar-refractivity contribution in [3.63, 3.8) is 0 Å². The van der Waals surface area contributed by atoms with Gasteiger partial charge in [0.1, 0.15) is 6.04 Å². The second-order valence-electron chi connectivity index (χ2n) is 8.07. The van der Waals surface area contributed by atoms with Crippen LogP contribution in [0.25, 0.3) is 0 Å². The lowest BCUT2D eigenvalue weighted by molar-refractivity contribution is -0.141. The molecule has 6 nitrogen and oxygen atoms in total. The topological polar surface area (TPSA) is 70.7 Å². The average molecular weight is 388 g/mol. The Morgan fingerprint density at radius 3 is 2.50 bits per heavy atom. The van der Waals surface area contributed by atoms with Crippen LogP contribution in [0.1, 0.15) is 51.4 Å². The Morgan fingerprint density at radius 1 is 1.15 bits per heavy atom. The maximum atomic E-state index is 12.8. The van der Waals surface area contributed by atoms with Crippen LogP contribution in [-0.4, -0.2) is 62.7 Å². The highest BCUT2D eigenvalue weighted by Crippen LogP contribution is 2.31. The molecule has 3 fully saturated rings. The number of nitrogens with one attached hydrogen (secondary N) is 2. The normalized spacial score (nSPS) is 25.7. The first-order chi connectivity index (χ1) is 12.2. The van der Waals surface area contributed by atoms with Gasteiger partial charge in [0.05, 0.1) is 6.61 Å². The first kappa shape index (κ1) is 21.5. The molecule has 0 radical (unpaired) electrons. The number of likely N-dealkylation sites (tertiary alicyclic amines) is 1. The molecule has 3 aliphatic rings. The van der Waals surface area contributed by atoms with Gasteiger partial charge in [-0.05, 0) is 51.6 Å². The summed E-state index contributed by atoms with van der Waals surface area (Å²) in [5.41, 5.74) is 0.0224. The summed E-state index contributed by atoms with van der Waals surface area (Å²) in [6, 6.07) is -0.269. The SMILES string of the molecule is COCC1(CNC(=O)C2CCCN2C(=O)C2CCCC2)CCNCC1.Cl. The average Bonchev–Trinajstić information content (AvgIpc) is 3.32. The molecule has 2 aliphatic heterocycles. The third-order valence-electron chi connectivity index (χ3n) is 6.30. The number of hydrogen-bond donors (Lipinski definition) is 2. The van der Waals surface area contributed by atoms with Gasteiger partial charge < -0.3 is 20.3 Å². The summed E-state index contributed by atoms with van der Waals surface area (Å²) in [6.45, 7) is 3.98. The zero-order valence-corrected chi connectivity index (χ0v) is 16.7. The standard InChI is InChI=1S/C19H33N3O3.ClH/c1-25-14-19(8-10-20-11-9-19)13-21-17(23)16-7-4-12-22(16)18(24)15-5-2-3-6-15;/h15-16,20H,2-14H2,1H3,(H,21,23);1H. The molecule has 0 aromatic heterocycles. The second kappa shape index (κ2) is 9.90. The Bertz CT molecular complexity index is 471. The van der Waals surface area contributed by atoms with Crippen molar-refractivity contribution in [3.8, 4) is 0 Å². The van der Waals surface area contributed by atoms with Crippen LogP contribution in [0.2, 0.25) is 0 Å². The van der Waals surface area contributed by atoms with Gasteiger partial charge in [-0.2, -0.15) is 0 Å². The number of halogens is 1. The fourth-order valence-electron chi connectivity index (χ4n) is 4.74. The van der Waals surface area contributed by atoms with Crippen LogP contribution in [0.5, 0.6) is 0 Å². The number of rotatable bonds is 6. The summed E-state index contributed by atoms with van der Waals surface area (Å²) < 4.78 is 5.43. The fraction of sp³-hybridized carbons (Fsp3) is 0.895. The molecule has 0 aromatic carbocycles. The van der Waals surface area contributed by atoms with Gasteiger partial charge in [0.15, 0.2) is 0 Å². The zero-order chi connectivity index (χ0) is 17.7. The lowest BCUT2D eigenvalue weighted by Gasteiger charge is -2.37. The Morgan fingerprint density at radius 2 is 1.85 bits per heavy atom. The van der Waals surface area contributed by atoms with E-state index in [1.54, 1.807) is 7.11 Å². The summed E-state index contributed by atoms with van der Waals surface area (Å²) in [6.07, 6.45) is 8.03. The number of piperidine rings is 1. The zero-order valence-electron chi connectivity index (χ0n) is 15.9. The highest BCUT2D eigenvalue weighted by molar-refractivity contribution is 5.89. The van der Waals surface area contributed by atoms with Gasteiger partial charge in [0, 0.05) is 31.5 Å². The van der Waals surface area contributed by atoms with Crippen LogP contribution in [0.3, 0.4) is 0 Å². The third kappa shape index (κ3) is 4.90. The molecule has 1 aliphatic carbocycles. The summed E-state index contributed by atoms with van der Waals surface area (Å²) in [4.78, 5) is 27.4. The van der Waals surface area contributed by atoms with E-state index in [4.69, 9.17) is 4.74 Å². The predicted octanol–water partition coefficient (Wildman–Crippen LogP) is 1.72. The highest BCUT2D eigenvalue weighted by atomic mass is 35.5. The van der Waals surface area contributed by atoms with Crippen molar-refractivity contribution in [2.45, 2.75) is 57.4 Å². The van der Waals surface area contributed by atoms with Crippen LogP contribution >= 0.6 is 12.4 Å². The second-order valence-corrected chi connectivity index (χ2v) is 8.07. The van der Waals surface area contributed by atoms with Gasteiger partial charge >= 0.3 is 0 Å². The van der Waals surface area contributed by atoms with Crippen molar-refractivity contribution in [2.24, 2.45) is 11.3 Å². The Balaban J connectivity index is 0.00000243. The summed E-state index contributed by atoms with van der Waals surface area (Å²) in [7, 11) is 1.73. The number of hydrogen-bond acceptors (Lipinski definition) is 4. The molecule has 1 unspecified atom stereocenters. The molecule has 0 spiro atoms. The maximum Gasteiger partial charge on any atom is 0.242 e. The Hall–Kier alpha value is -0.850. The van der Waals surface area contributed by atoms with E-state index in [-0.39, 0.29) is 41.6 Å². The number of methoxy groups -OCH3 is 1. The largest absolute Gasteiger partial charge is 0.384 e. The first-order valence-corrected chi connectivity index (χ1v) is 9.93. The molecule has 1 atom stereocenters. The lowest BCUT2D eigenvalue weighted by Crippen LogP contribution is -2.52. The van der Waals surface area contributed by atoms with Gasteiger partial charge in [-0.3, -0.25) is 9.59 Å². The van der Waals surface area contributed by atoms with Crippen LogP contribution in [0.4, 0.5) is 0 Å². The molecule has 26 heavy (non-hydrogen) atoms. The number of nitrogens with zero attached hydrogens (tertiary/aromatic N) is 1. The van der Waals surface area contributed by atoms with E-state index in [1.165, 1.54) is 0 Å². The number of carbonyl (C=O) groups is 2. The van der Waals surface area contributed by atoms with Gasteiger partial charge in [0.2, 0.25) is 11.8 Å². The minimum atomic E-state index is -0.269. The van der Waals surface area contributed by atoms with Crippen molar-refractivity contribution in [3.05, 3.63) is 0 Å². The molecule has 7 heteroatoms. The van der Waals surface area contributed by atoms with E-state index in [9.17, 15) is 9.59 Å². The summed E-state index contributed by atoms with van der Waals surface area (Å²) in [5.74, 6) is 0.388. The van der Waals surface area contributed by atoms with E-state index in [2.05, 4.69) is 10.6 Å². The van der Waals surface area contributed by atoms with E-state index in [0.29, 0.717) is 13.2 Å². The van der Waals surface area contributed by atoms with Gasteiger partial charge in [-0.15, -0.1) is 12.4 Å². The lowest BCUT2D eigenvalue weighted by atomic mass is 9.79. The van der Waals surface area contributed by atoms with Crippen molar-refractivity contribution in [2.75, 3.05) is 39.9 Å². The molecular weight excluding hydrogens is 354 g/mol. The monoisotopic (exact) mass is 387 g/mol. The Labute approximate surface area is 163 Å². The van der Waals surface area contributed by atoms with Gasteiger partial charge in [0.25, 0.3) is 0 Å². The molecule has 3 rings (SSSR count). The summed E-state index contributed by atoms with van der Waals surface area (Å²) >= 11 is 0.